The third-order valence-electron chi connectivity index (χ3n) is 3.53. The molecule has 0 saturated carbocycles. The minimum Gasteiger partial charge on any atom is -0.466 e. The third-order valence-corrected chi connectivity index (χ3v) is 3.53. The lowest BCUT2D eigenvalue weighted by Crippen LogP contribution is -2.10. The zero-order valence-corrected chi connectivity index (χ0v) is 14.4. The summed E-state index contributed by atoms with van der Waals surface area (Å²) >= 11 is 0. The van der Waals surface area contributed by atoms with Gasteiger partial charge in [-0.15, -0.1) is 0 Å². The van der Waals surface area contributed by atoms with Gasteiger partial charge in [0, 0.05) is 25.9 Å². The number of ether oxygens (including phenoxy) is 2. The summed E-state index contributed by atoms with van der Waals surface area (Å²) in [5, 5.41) is 8.59. The van der Waals surface area contributed by atoms with Gasteiger partial charge in [0.25, 0.3) is 0 Å². The van der Waals surface area contributed by atoms with Crippen LogP contribution in [0.1, 0.15) is 50.5 Å². The van der Waals surface area contributed by atoms with Crippen LogP contribution in [0.2, 0.25) is 0 Å². The largest absolute Gasteiger partial charge is 0.466 e. The van der Waals surface area contributed by atoms with Crippen LogP contribution in [0.25, 0.3) is 0 Å². The molecule has 0 atom stereocenters. The number of Topliss-reactive ketones (excluding diaryl/α,β-unsaturated/α-hetero) is 1. The van der Waals surface area contributed by atoms with E-state index in [1.807, 2.05) is 30.3 Å². The maximum atomic E-state index is 11.6. The first-order valence-corrected chi connectivity index (χ1v) is 8.59. The minimum atomic E-state index is -0.409. The van der Waals surface area contributed by atoms with E-state index in [4.69, 9.17) is 14.6 Å². The number of hydrogen-bond acceptors (Lipinski definition) is 6. The van der Waals surface area contributed by atoms with Crippen LogP contribution in [0.5, 0.6) is 0 Å². The number of aliphatic hydroxyl groups excluding tert-OH is 1. The Bertz CT molecular complexity index is 526. The lowest BCUT2D eigenvalue weighted by Gasteiger charge is -2.06. The van der Waals surface area contributed by atoms with E-state index in [2.05, 4.69) is 0 Å². The molecule has 0 aromatic heterocycles. The summed E-state index contributed by atoms with van der Waals surface area (Å²) in [6.07, 6.45) is 2.68. The van der Waals surface area contributed by atoms with Gasteiger partial charge in [-0.05, 0) is 24.8 Å². The normalized spacial score (nSPS) is 10.3. The van der Waals surface area contributed by atoms with E-state index in [0.29, 0.717) is 19.3 Å². The van der Waals surface area contributed by atoms with E-state index in [0.717, 1.165) is 12.0 Å². The van der Waals surface area contributed by atoms with Crippen molar-refractivity contribution in [2.24, 2.45) is 0 Å². The summed E-state index contributed by atoms with van der Waals surface area (Å²) in [5.41, 5.74) is 0.959. The molecule has 1 aromatic rings. The molecule has 0 unspecified atom stereocenters. The standard InChI is InChI=1S/C19H26O6/c20-13-12-17(21)10-11-19(23)24-14-6-2-5-9-18(22)25-15-16-7-3-1-4-8-16/h1,3-4,7-8,20H,2,5-6,9-15H2. The first kappa shape index (κ1) is 20.8. The molecule has 0 saturated heterocycles. The van der Waals surface area contributed by atoms with Gasteiger partial charge in [0.15, 0.2) is 0 Å². The van der Waals surface area contributed by atoms with Crippen molar-refractivity contribution in [1.82, 2.24) is 0 Å². The molecule has 0 aliphatic rings. The SMILES string of the molecule is O=C(CCO)CCC(=O)OCCCCCC(=O)OCc1ccccc1. The van der Waals surface area contributed by atoms with Crippen LogP contribution in [0.3, 0.4) is 0 Å². The highest BCUT2D eigenvalue weighted by Crippen LogP contribution is 2.06. The molecule has 0 fully saturated rings. The zero-order chi connectivity index (χ0) is 18.3. The van der Waals surface area contributed by atoms with Gasteiger partial charge < -0.3 is 14.6 Å². The number of carbonyl (C=O) groups is 3. The maximum Gasteiger partial charge on any atom is 0.306 e. The predicted molar refractivity (Wildman–Crippen MR) is 91.6 cm³/mol. The Kier molecular flexibility index (Phi) is 10.9. The zero-order valence-electron chi connectivity index (χ0n) is 14.4. The molecule has 6 heteroatoms. The number of esters is 2. The van der Waals surface area contributed by atoms with E-state index < -0.39 is 5.97 Å². The van der Waals surface area contributed by atoms with Gasteiger partial charge >= 0.3 is 11.9 Å². The van der Waals surface area contributed by atoms with Crippen molar-refractivity contribution in [3.05, 3.63) is 35.9 Å². The monoisotopic (exact) mass is 350 g/mol. The lowest BCUT2D eigenvalue weighted by molar-refractivity contribution is -0.146. The Morgan fingerprint density at radius 2 is 1.52 bits per heavy atom. The van der Waals surface area contributed by atoms with E-state index in [1.165, 1.54) is 0 Å². The molecule has 25 heavy (non-hydrogen) atoms. The molecule has 0 spiro atoms. The number of hydrogen-bond donors (Lipinski definition) is 1. The Morgan fingerprint density at radius 1 is 0.800 bits per heavy atom. The van der Waals surface area contributed by atoms with E-state index in [9.17, 15) is 14.4 Å². The van der Waals surface area contributed by atoms with Gasteiger partial charge in [-0.2, -0.15) is 0 Å². The summed E-state index contributed by atoms with van der Waals surface area (Å²) in [5.74, 6) is -0.787. The first-order chi connectivity index (χ1) is 12.1. The number of ketones is 1. The van der Waals surface area contributed by atoms with Crippen molar-refractivity contribution in [3.8, 4) is 0 Å². The molecule has 0 aliphatic carbocycles. The Hall–Kier alpha value is -2.21. The topological polar surface area (TPSA) is 89.9 Å². The van der Waals surface area contributed by atoms with Crippen molar-refractivity contribution in [3.63, 3.8) is 0 Å². The maximum absolute atomic E-state index is 11.6. The van der Waals surface area contributed by atoms with Gasteiger partial charge in [0.1, 0.15) is 12.4 Å². The van der Waals surface area contributed by atoms with Crippen LogP contribution in [-0.2, 0) is 30.5 Å². The fourth-order valence-corrected chi connectivity index (χ4v) is 2.11. The third kappa shape index (κ3) is 11.1. The van der Waals surface area contributed by atoms with Crippen molar-refractivity contribution < 1.29 is 29.0 Å². The molecule has 0 amide bonds. The van der Waals surface area contributed by atoms with E-state index in [1.54, 1.807) is 0 Å². The molecular weight excluding hydrogens is 324 g/mol. The first-order valence-electron chi connectivity index (χ1n) is 8.59. The minimum absolute atomic E-state index is 0.0463. The van der Waals surface area contributed by atoms with Crippen LogP contribution in [0, 0.1) is 0 Å². The molecule has 0 radical (unpaired) electrons. The van der Waals surface area contributed by atoms with Crippen molar-refractivity contribution in [2.45, 2.75) is 51.6 Å². The molecule has 1 rings (SSSR count). The fraction of sp³-hybridized carbons (Fsp3) is 0.526. The fourth-order valence-electron chi connectivity index (χ4n) is 2.11. The Labute approximate surface area is 148 Å². The second kappa shape index (κ2) is 13.1. The average molecular weight is 350 g/mol. The van der Waals surface area contributed by atoms with Crippen molar-refractivity contribution in [2.75, 3.05) is 13.2 Å². The highest BCUT2D eigenvalue weighted by atomic mass is 16.5. The highest BCUT2D eigenvalue weighted by Gasteiger charge is 2.08. The molecular formula is C19H26O6. The van der Waals surface area contributed by atoms with Crippen LogP contribution in [0.15, 0.2) is 30.3 Å². The summed E-state index contributed by atoms with van der Waals surface area (Å²) < 4.78 is 10.2. The molecule has 6 nitrogen and oxygen atoms in total. The van der Waals surface area contributed by atoms with Gasteiger partial charge in [0.2, 0.25) is 0 Å². The number of unbranched alkanes of at least 4 members (excludes halogenated alkanes) is 2. The Morgan fingerprint density at radius 3 is 2.24 bits per heavy atom. The molecule has 0 bridgehead atoms. The highest BCUT2D eigenvalue weighted by molar-refractivity contribution is 5.82. The molecule has 1 N–H and O–H groups in total. The van der Waals surface area contributed by atoms with Gasteiger partial charge in [0.05, 0.1) is 13.0 Å². The van der Waals surface area contributed by atoms with Crippen LogP contribution < -0.4 is 0 Å². The van der Waals surface area contributed by atoms with Gasteiger partial charge in [-0.3, -0.25) is 14.4 Å². The summed E-state index contributed by atoms with van der Waals surface area (Å²) in [4.78, 5) is 34.2. The second-order valence-corrected chi connectivity index (χ2v) is 5.69. The van der Waals surface area contributed by atoms with Crippen LogP contribution in [0.4, 0.5) is 0 Å². The van der Waals surface area contributed by atoms with E-state index in [-0.39, 0.29) is 50.8 Å². The smallest absolute Gasteiger partial charge is 0.306 e. The number of benzene rings is 1. The number of rotatable bonds is 13. The molecule has 138 valence electrons. The number of carbonyl (C=O) groups excluding carboxylic acids is 3. The van der Waals surface area contributed by atoms with Crippen LogP contribution >= 0.6 is 0 Å². The predicted octanol–water partition coefficient (Wildman–Crippen LogP) is 2.57. The molecule has 0 aliphatic heterocycles. The van der Waals surface area contributed by atoms with E-state index >= 15 is 0 Å². The summed E-state index contributed by atoms with van der Waals surface area (Å²) in [7, 11) is 0. The quantitative estimate of drug-likeness (QED) is 0.434. The second-order valence-electron chi connectivity index (χ2n) is 5.69. The molecule has 1 aromatic carbocycles. The summed E-state index contributed by atoms with van der Waals surface area (Å²) in [6, 6.07) is 9.50. The lowest BCUT2D eigenvalue weighted by atomic mass is 10.2. The van der Waals surface area contributed by atoms with Gasteiger partial charge in [-0.25, -0.2) is 0 Å². The van der Waals surface area contributed by atoms with Gasteiger partial charge in [-0.1, -0.05) is 30.3 Å². The summed E-state index contributed by atoms with van der Waals surface area (Å²) in [6.45, 7) is 0.375. The molecule has 0 heterocycles. The van der Waals surface area contributed by atoms with Crippen molar-refractivity contribution in [1.29, 1.82) is 0 Å². The number of aliphatic hydroxyl groups is 1. The van der Waals surface area contributed by atoms with Crippen molar-refractivity contribution >= 4 is 17.7 Å². The average Bonchev–Trinajstić information content (AvgIpc) is 2.62. The Balaban J connectivity index is 1.96. The van der Waals surface area contributed by atoms with Crippen LogP contribution in [-0.4, -0.2) is 36.0 Å².